The summed E-state index contributed by atoms with van der Waals surface area (Å²) in [6, 6.07) is 7.76. The maximum atomic E-state index is 15.0. The van der Waals surface area contributed by atoms with E-state index >= 15 is 0 Å². The lowest BCUT2D eigenvalue weighted by Crippen LogP contribution is -2.40. The molecule has 1 saturated carbocycles. The van der Waals surface area contributed by atoms with Crippen molar-refractivity contribution in [3.8, 4) is 11.5 Å². The summed E-state index contributed by atoms with van der Waals surface area (Å²) in [6.45, 7) is 7.54. The molecule has 2 atom stereocenters. The van der Waals surface area contributed by atoms with Gasteiger partial charge in [-0.15, -0.1) is 0 Å². The fraction of sp³-hybridized carbons (Fsp3) is 0.586. The number of halogens is 1. The monoisotopic (exact) mass is 528 g/mol. The van der Waals surface area contributed by atoms with Crippen LogP contribution in [0.5, 0.6) is 11.5 Å². The molecule has 0 bridgehead atoms. The van der Waals surface area contributed by atoms with Gasteiger partial charge in [-0.05, 0) is 69.2 Å². The SMILES string of the molecule is Cc1cc(OCC2COCCO2)cc(=O)n1C(C)c1ccc(OCC2CCN(C(=O)C3CC3)CC2)c(F)c1. The molecule has 2 aromatic rings. The van der Waals surface area contributed by atoms with E-state index in [2.05, 4.69) is 0 Å². The standard InChI is InChI=1S/C29H37FN2O6/c1-19-13-24(37-18-25-17-35-11-12-36-25)15-28(33)32(19)20(2)23-5-6-27(26(30)14-23)38-16-21-7-9-31(10-8-21)29(34)22-3-4-22/h5-6,13-15,20-22,25H,3-4,7-12,16-18H2,1-2H3. The quantitative estimate of drug-likeness (QED) is 0.494. The number of amides is 1. The third-order valence-electron chi connectivity index (χ3n) is 7.71. The molecule has 3 aliphatic rings. The van der Waals surface area contributed by atoms with Gasteiger partial charge in [-0.1, -0.05) is 6.07 Å². The van der Waals surface area contributed by atoms with Gasteiger partial charge in [-0.25, -0.2) is 4.39 Å². The van der Waals surface area contributed by atoms with E-state index in [0.717, 1.165) is 38.8 Å². The summed E-state index contributed by atoms with van der Waals surface area (Å²) in [4.78, 5) is 27.1. The molecule has 1 aromatic heterocycles. The first-order valence-corrected chi connectivity index (χ1v) is 13.7. The van der Waals surface area contributed by atoms with Gasteiger partial charge in [0, 0.05) is 30.8 Å². The molecule has 2 unspecified atom stereocenters. The number of carbonyl (C=O) groups excluding carboxylic acids is 1. The van der Waals surface area contributed by atoms with E-state index in [4.69, 9.17) is 18.9 Å². The molecule has 8 nitrogen and oxygen atoms in total. The molecule has 1 aliphatic carbocycles. The van der Waals surface area contributed by atoms with Crippen molar-refractivity contribution in [2.75, 3.05) is 46.1 Å². The molecule has 0 spiro atoms. The fourth-order valence-corrected chi connectivity index (χ4v) is 5.24. The molecule has 9 heteroatoms. The molecule has 206 valence electrons. The smallest absolute Gasteiger partial charge is 0.254 e. The molecule has 1 aromatic carbocycles. The number of rotatable bonds is 9. The summed E-state index contributed by atoms with van der Waals surface area (Å²) in [5.41, 5.74) is 1.17. The van der Waals surface area contributed by atoms with E-state index in [1.165, 1.54) is 12.1 Å². The van der Waals surface area contributed by atoms with Gasteiger partial charge in [0.2, 0.25) is 5.91 Å². The molecule has 38 heavy (non-hydrogen) atoms. The molecule has 2 saturated heterocycles. The van der Waals surface area contributed by atoms with Crippen LogP contribution >= 0.6 is 0 Å². The number of aryl methyl sites for hydroxylation is 1. The minimum absolute atomic E-state index is 0.154. The zero-order valence-corrected chi connectivity index (χ0v) is 22.2. The van der Waals surface area contributed by atoms with Crippen molar-refractivity contribution in [3.63, 3.8) is 0 Å². The van der Waals surface area contributed by atoms with E-state index in [1.54, 1.807) is 22.8 Å². The first-order chi connectivity index (χ1) is 18.4. The molecular formula is C29H37FN2O6. The van der Waals surface area contributed by atoms with Crippen LogP contribution in [0.4, 0.5) is 4.39 Å². The minimum Gasteiger partial charge on any atom is -0.491 e. The van der Waals surface area contributed by atoms with Crippen molar-refractivity contribution in [3.05, 3.63) is 57.8 Å². The second-order valence-electron chi connectivity index (χ2n) is 10.6. The second kappa shape index (κ2) is 11.9. The predicted molar refractivity (Wildman–Crippen MR) is 139 cm³/mol. The minimum atomic E-state index is -0.448. The largest absolute Gasteiger partial charge is 0.491 e. The van der Waals surface area contributed by atoms with Crippen LogP contribution in [0.2, 0.25) is 0 Å². The highest BCUT2D eigenvalue weighted by atomic mass is 19.1. The van der Waals surface area contributed by atoms with Gasteiger partial charge in [0.15, 0.2) is 11.6 Å². The number of pyridine rings is 1. The third-order valence-corrected chi connectivity index (χ3v) is 7.71. The van der Waals surface area contributed by atoms with Crippen LogP contribution in [-0.4, -0.2) is 67.6 Å². The third kappa shape index (κ3) is 6.38. The zero-order chi connectivity index (χ0) is 26.6. The van der Waals surface area contributed by atoms with Gasteiger partial charge >= 0.3 is 0 Å². The van der Waals surface area contributed by atoms with Crippen LogP contribution in [0, 0.1) is 24.6 Å². The zero-order valence-electron chi connectivity index (χ0n) is 22.2. The van der Waals surface area contributed by atoms with Crippen LogP contribution in [0.1, 0.15) is 49.9 Å². The Morgan fingerprint density at radius 3 is 2.53 bits per heavy atom. The van der Waals surface area contributed by atoms with Gasteiger partial charge in [0.25, 0.3) is 5.56 Å². The van der Waals surface area contributed by atoms with Gasteiger partial charge in [-0.2, -0.15) is 0 Å². The van der Waals surface area contributed by atoms with Crippen LogP contribution in [0.3, 0.4) is 0 Å². The van der Waals surface area contributed by atoms with Crippen molar-refractivity contribution in [1.29, 1.82) is 0 Å². The molecular weight excluding hydrogens is 491 g/mol. The summed E-state index contributed by atoms with van der Waals surface area (Å²) in [5, 5.41) is 0. The Morgan fingerprint density at radius 1 is 1.08 bits per heavy atom. The van der Waals surface area contributed by atoms with Crippen LogP contribution in [0.25, 0.3) is 0 Å². The summed E-state index contributed by atoms with van der Waals surface area (Å²) in [6.07, 6.45) is 3.64. The molecule has 1 amide bonds. The Bertz CT molecular complexity index is 1180. The van der Waals surface area contributed by atoms with Crippen LogP contribution < -0.4 is 15.0 Å². The number of ether oxygens (including phenoxy) is 4. The van der Waals surface area contributed by atoms with Crippen molar-refractivity contribution in [2.45, 2.75) is 51.7 Å². The van der Waals surface area contributed by atoms with Gasteiger partial charge < -0.3 is 28.4 Å². The van der Waals surface area contributed by atoms with Crippen molar-refractivity contribution < 1.29 is 28.1 Å². The van der Waals surface area contributed by atoms with E-state index in [9.17, 15) is 14.0 Å². The Balaban J connectivity index is 1.16. The number of nitrogens with zero attached hydrogens (tertiary/aromatic N) is 2. The van der Waals surface area contributed by atoms with Crippen LogP contribution in [0.15, 0.2) is 35.1 Å². The molecule has 0 radical (unpaired) electrons. The van der Waals surface area contributed by atoms with Crippen molar-refractivity contribution >= 4 is 5.91 Å². The average molecular weight is 529 g/mol. The first kappa shape index (κ1) is 26.7. The van der Waals surface area contributed by atoms with E-state index in [1.807, 2.05) is 18.7 Å². The Kier molecular flexibility index (Phi) is 8.33. The number of aromatic nitrogens is 1. The molecule has 3 fully saturated rings. The predicted octanol–water partition coefficient (Wildman–Crippen LogP) is 3.73. The molecule has 3 heterocycles. The normalized spacial score (nSPS) is 21.2. The summed E-state index contributed by atoms with van der Waals surface area (Å²) < 4.78 is 39.2. The average Bonchev–Trinajstić information content (AvgIpc) is 3.77. The Morgan fingerprint density at radius 2 is 1.87 bits per heavy atom. The van der Waals surface area contributed by atoms with E-state index < -0.39 is 5.82 Å². The van der Waals surface area contributed by atoms with Crippen molar-refractivity contribution in [1.82, 2.24) is 9.47 Å². The maximum absolute atomic E-state index is 15.0. The maximum Gasteiger partial charge on any atom is 0.254 e. The highest BCUT2D eigenvalue weighted by molar-refractivity contribution is 5.81. The fourth-order valence-electron chi connectivity index (χ4n) is 5.24. The Hall–Kier alpha value is -2.91. The van der Waals surface area contributed by atoms with Gasteiger partial charge in [0.05, 0.1) is 32.5 Å². The molecule has 5 rings (SSSR count). The second-order valence-corrected chi connectivity index (χ2v) is 10.6. The number of hydrogen-bond acceptors (Lipinski definition) is 6. The topological polar surface area (TPSA) is 79.2 Å². The van der Waals surface area contributed by atoms with Gasteiger partial charge in [-0.3, -0.25) is 9.59 Å². The summed E-state index contributed by atoms with van der Waals surface area (Å²) in [5.74, 6) is 1.08. The van der Waals surface area contributed by atoms with E-state index in [-0.39, 0.29) is 29.4 Å². The van der Waals surface area contributed by atoms with E-state index in [0.29, 0.717) is 61.9 Å². The highest BCUT2D eigenvalue weighted by Gasteiger charge is 2.35. The summed E-state index contributed by atoms with van der Waals surface area (Å²) in [7, 11) is 0. The number of likely N-dealkylation sites (tertiary alicyclic amines) is 1. The number of piperidine rings is 1. The Labute approximate surface area is 222 Å². The summed E-state index contributed by atoms with van der Waals surface area (Å²) >= 11 is 0. The highest BCUT2D eigenvalue weighted by Crippen LogP contribution is 2.33. The number of carbonyl (C=O) groups is 1. The van der Waals surface area contributed by atoms with Gasteiger partial charge in [0.1, 0.15) is 18.5 Å². The lowest BCUT2D eigenvalue weighted by molar-refractivity contribution is -0.134. The number of benzene rings is 1. The molecule has 0 N–H and O–H groups in total. The van der Waals surface area contributed by atoms with Crippen LogP contribution in [-0.2, 0) is 14.3 Å². The lowest BCUT2D eigenvalue weighted by Gasteiger charge is -2.32. The first-order valence-electron chi connectivity index (χ1n) is 13.7. The number of hydrogen-bond donors (Lipinski definition) is 0. The molecule has 2 aliphatic heterocycles. The van der Waals surface area contributed by atoms with Crippen molar-refractivity contribution in [2.24, 2.45) is 11.8 Å². The lowest BCUT2D eigenvalue weighted by atomic mass is 9.97.